The van der Waals surface area contributed by atoms with Gasteiger partial charge in [0.1, 0.15) is 0 Å². The first-order chi connectivity index (χ1) is 5.79. The van der Waals surface area contributed by atoms with E-state index in [9.17, 15) is 0 Å². The van der Waals surface area contributed by atoms with Gasteiger partial charge in [-0.1, -0.05) is 18.7 Å². The number of allylic oxidation sites excluding steroid dienone is 1. The third-order valence-corrected chi connectivity index (χ3v) is 2.07. The smallest absolute Gasteiger partial charge is 0.0681 e. The quantitative estimate of drug-likeness (QED) is 0.656. The van der Waals surface area contributed by atoms with Crippen LogP contribution < -0.4 is 5.32 Å². The Morgan fingerprint density at radius 2 is 2.33 bits per heavy atom. The fourth-order valence-corrected chi connectivity index (χ4v) is 1.48. The fraction of sp³-hybridized carbons (Fsp3) is 0.200. The molecule has 1 aliphatic heterocycles. The maximum Gasteiger partial charge on any atom is 0.0681 e. The summed E-state index contributed by atoms with van der Waals surface area (Å²) in [5, 5.41) is 12.1. The number of rotatable bonds is 1. The molecule has 1 aromatic rings. The van der Waals surface area contributed by atoms with E-state index in [-0.39, 0.29) is 6.61 Å². The molecule has 1 aliphatic rings. The van der Waals surface area contributed by atoms with Crippen molar-refractivity contribution >= 4 is 5.69 Å². The lowest BCUT2D eigenvalue weighted by Crippen LogP contribution is -1.87. The molecule has 0 saturated heterocycles. The van der Waals surface area contributed by atoms with Gasteiger partial charge in [-0.05, 0) is 17.2 Å². The standard InChI is InChI=1S/C10H11NO/c1-7-4-9-5-8(6-12)2-3-10(9)11-7/h2-3,5,11-12H,1,4,6H2. The first kappa shape index (κ1) is 7.37. The van der Waals surface area contributed by atoms with Crippen molar-refractivity contribution in [2.24, 2.45) is 0 Å². The van der Waals surface area contributed by atoms with Crippen LogP contribution in [-0.2, 0) is 13.0 Å². The summed E-state index contributed by atoms with van der Waals surface area (Å²) in [5.74, 6) is 0. The van der Waals surface area contributed by atoms with Gasteiger partial charge < -0.3 is 10.4 Å². The summed E-state index contributed by atoms with van der Waals surface area (Å²) in [6.07, 6.45) is 0.878. The Kier molecular flexibility index (Phi) is 1.62. The zero-order chi connectivity index (χ0) is 8.55. The minimum absolute atomic E-state index is 0.111. The Labute approximate surface area is 71.5 Å². The third-order valence-electron chi connectivity index (χ3n) is 2.07. The van der Waals surface area contributed by atoms with Crippen molar-refractivity contribution in [3.63, 3.8) is 0 Å². The lowest BCUT2D eigenvalue weighted by Gasteiger charge is -2.00. The van der Waals surface area contributed by atoms with E-state index in [4.69, 9.17) is 5.11 Å². The Balaban J connectivity index is 2.41. The molecule has 2 nitrogen and oxygen atoms in total. The van der Waals surface area contributed by atoms with E-state index in [0.717, 1.165) is 23.4 Å². The van der Waals surface area contributed by atoms with Crippen LogP contribution in [0.1, 0.15) is 11.1 Å². The molecule has 0 aromatic heterocycles. The summed E-state index contributed by atoms with van der Waals surface area (Å²) in [5.41, 5.74) is 4.34. The molecule has 2 heteroatoms. The van der Waals surface area contributed by atoms with Crippen molar-refractivity contribution < 1.29 is 5.11 Å². The molecule has 0 fully saturated rings. The molecule has 62 valence electrons. The number of hydrogen-bond acceptors (Lipinski definition) is 2. The Morgan fingerprint density at radius 1 is 1.50 bits per heavy atom. The molecule has 0 unspecified atom stereocenters. The van der Waals surface area contributed by atoms with Crippen molar-refractivity contribution in [3.05, 3.63) is 41.6 Å². The number of fused-ring (bicyclic) bond motifs is 1. The average molecular weight is 161 g/mol. The predicted molar refractivity (Wildman–Crippen MR) is 48.8 cm³/mol. The largest absolute Gasteiger partial charge is 0.392 e. The molecule has 0 saturated carbocycles. The Hall–Kier alpha value is -1.28. The summed E-state index contributed by atoms with van der Waals surface area (Å²) < 4.78 is 0. The van der Waals surface area contributed by atoms with Crippen LogP contribution in [0.3, 0.4) is 0 Å². The highest BCUT2D eigenvalue weighted by Gasteiger charge is 2.12. The highest BCUT2D eigenvalue weighted by molar-refractivity contribution is 5.62. The van der Waals surface area contributed by atoms with Crippen LogP contribution in [0.25, 0.3) is 0 Å². The van der Waals surface area contributed by atoms with Gasteiger partial charge in [-0.3, -0.25) is 0 Å². The Bertz CT molecular complexity index is 331. The van der Waals surface area contributed by atoms with Crippen LogP contribution in [0.4, 0.5) is 5.69 Å². The average Bonchev–Trinajstić information content (AvgIpc) is 2.43. The van der Waals surface area contributed by atoms with Gasteiger partial charge in [0.05, 0.1) is 6.61 Å². The number of hydrogen-bond donors (Lipinski definition) is 2. The van der Waals surface area contributed by atoms with Crippen LogP contribution >= 0.6 is 0 Å². The lowest BCUT2D eigenvalue weighted by molar-refractivity contribution is 0.282. The zero-order valence-electron chi connectivity index (χ0n) is 6.80. The second-order valence-corrected chi connectivity index (χ2v) is 3.05. The molecular weight excluding hydrogens is 150 g/mol. The van der Waals surface area contributed by atoms with Crippen molar-refractivity contribution in [2.75, 3.05) is 5.32 Å². The van der Waals surface area contributed by atoms with Crippen LogP contribution in [0.5, 0.6) is 0 Å². The van der Waals surface area contributed by atoms with Crippen LogP contribution in [0, 0.1) is 0 Å². The SMILES string of the molecule is C=C1Cc2cc(CO)ccc2N1. The van der Waals surface area contributed by atoms with Crippen LogP contribution in [0.2, 0.25) is 0 Å². The van der Waals surface area contributed by atoms with Crippen molar-refractivity contribution in [1.82, 2.24) is 0 Å². The maximum absolute atomic E-state index is 8.89. The van der Waals surface area contributed by atoms with Crippen molar-refractivity contribution in [3.8, 4) is 0 Å². The van der Waals surface area contributed by atoms with Gasteiger partial charge in [-0.2, -0.15) is 0 Å². The molecule has 1 heterocycles. The van der Waals surface area contributed by atoms with E-state index >= 15 is 0 Å². The number of anilines is 1. The minimum Gasteiger partial charge on any atom is -0.392 e. The van der Waals surface area contributed by atoms with Gasteiger partial charge in [0.15, 0.2) is 0 Å². The molecule has 0 atom stereocenters. The van der Waals surface area contributed by atoms with Gasteiger partial charge in [0.2, 0.25) is 0 Å². The first-order valence-electron chi connectivity index (χ1n) is 3.97. The van der Waals surface area contributed by atoms with Crippen LogP contribution in [0.15, 0.2) is 30.5 Å². The molecule has 1 aromatic carbocycles. The molecular formula is C10H11NO. The van der Waals surface area contributed by atoms with Gasteiger partial charge in [-0.25, -0.2) is 0 Å². The van der Waals surface area contributed by atoms with E-state index < -0.39 is 0 Å². The van der Waals surface area contributed by atoms with Crippen molar-refractivity contribution in [1.29, 1.82) is 0 Å². The van der Waals surface area contributed by atoms with Gasteiger partial charge >= 0.3 is 0 Å². The molecule has 12 heavy (non-hydrogen) atoms. The molecule has 0 bridgehead atoms. The molecule has 2 N–H and O–H groups in total. The van der Waals surface area contributed by atoms with Crippen LogP contribution in [-0.4, -0.2) is 5.11 Å². The first-order valence-corrected chi connectivity index (χ1v) is 3.97. The molecule has 0 spiro atoms. The van der Waals surface area contributed by atoms with E-state index in [2.05, 4.69) is 11.9 Å². The summed E-state index contributed by atoms with van der Waals surface area (Å²) in [7, 11) is 0. The summed E-state index contributed by atoms with van der Waals surface area (Å²) in [6.45, 7) is 3.96. The number of aliphatic hydroxyl groups is 1. The van der Waals surface area contributed by atoms with E-state index in [1.807, 2.05) is 18.2 Å². The molecule has 0 aliphatic carbocycles. The van der Waals surface area contributed by atoms with Gasteiger partial charge in [0, 0.05) is 17.8 Å². The number of aliphatic hydroxyl groups excluding tert-OH is 1. The van der Waals surface area contributed by atoms with E-state index in [1.165, 1.54) is 5.56 Å². The monoisotopic (exact) mass is 161 g/mol. The zero-order valence-corrected chi connectivity index (χ0v) is 6.80. The lowest BCUT2D eigenvalue weighted by atomic mass is 10.1. The summed E-state index contributed by atoms with van der Waals surface area (Å²) in [6, 6.07) is 5.92. The second-order valence-electron chi connectivity index (χ2n) is 3.05. The summed E-state index contributed by atoms with van der Waals surface area (Å²) in [4.78, 5) is 0. The predicted octanol–water partition coefficient (Wildman–Crippen LogP) is 1.66. The highest BCUT2D eigenvalue weighted by Crippen LogP contribution is 2.27. The molecule has 2 rings (SSSR count). The van der Waals surface area contributed by atoms with E-state index in [1.54, 1.807) is 0 Å². The minimum atomic E-state index is 0.111. The fourth-order valence-electron chi connectivity index (χ4n) is 1.48. The third kappa shape index (κ3) is 1.10. The summed E-state index contributed by atoms with van der Waals surface area (Å²) >= 11 is 0. The highest BCUT2D eigenvalue weighted by atomic mass is 16.3. The Morgan fingerprint density at radius 3 is 3.08 bits per heavy atom. The van der Waals surface area contributed by atoms with Gasteiger partial charge in [-0.15, -0.1) is 0 Å². The number of benzene rings is 1. The molecule has 0 amide bonds. The maximum atomic E-state index is 8.89. The van der Waals surface area contributed by atoms with Gasteiger partial charge in [0.25, 0.3) is 0 Å². The van der Waals surface area contributed by atoms with Crippen molar-refractivity contribution in [2.45, 2.75) is 13.0 Å². The second kappa shape index (κ2) is 2.64. The topological polar surface area (TPSA) is 32.3 Å². The molecule has 0 radical (unpaired) electrons. The normalized spacial score (nSPS) is 14.2. The number of nitrogens with one attached hydrogen (secondary N) is 1. The van der Waals surface area contributed by atoms with E-state index in [0.29, 0.717) is 0 Å².